The number of carbonyl (C=O) groups is 1. The molecule has 0 radical (unpaired) electrons. The Morgan fingerprint density at radius 2 is 1.93 bits per heavy atom. The fourth-order valence-electron chi connectivity index (χ4n) is 3.24. The van der Waals surface area contributed by atoms with Gasteiger partial charge in [-0.25, -0.2) is 14.2 Å². The molecule has 0 N–H and O–H groups in total. The van der Waals surface area contributed by atoms with Crippen LogP contribution in [0.2, 0.25) is 0 Å². The first-order valence-corrected chi connectivity index (χ1v) is 8.73. The molecule has 0 amide bonds. The number of rotatable bonds is 3. The topological polar surface area (TPSA) is 83.0 Å². The number of benzene rings is 2. The number of fused-ring (bicyclic) bond motifs is 3. The van der Waals surface area contributed by atoms with E-state index in [2.05, 4.69) is 15.2 Å². The molecule has 142 valence electrons. The Morgan fingerprint density at radius 3 is 2.69 bits per heavy atom. The number of ether oxygens (including phenoxy) is 1. The number of halogens is 1. The van der Waals surface area contributed by atoms with E-state index in [1.54, 1.807) is 42.5 Å². The highest BCUT2D eigenvalue weighted by atomic mass is 19.1. The third-order valence-electron chi connectivity index (χ3n) is 4.54. The molecule has 0 saturated carbocycles. The van der Waals surface area contributed by atoms with Crippen molar-refractivity contribution in [1.82, 2.24) is 20.0 Å². The molecular formula is C21H13FN4O3. The van der Waals surface area contributed by atoms with Gasteiger partial charge in [0.15, 0.2) is 5.76 Å². The molecule has 29 heavy (non-hydrogen) atoms. The van der Waals surface area contributed by atoms with Gasteiger partial charge in [0.2, 0.25) is 0 Å². The summed E-state index contributed by atoms with van der Waals surface area (Å²) in [6.45, 7) is 0. The number of aromatic nitrogens is 4. The van der Waals surface area contributed by atoms with Crippen LogP contribution in [-0.4, -0.2) is 33.1 Å². The maximum absolute atomic E-state index is 13.6. The molecule has 3 aromatic heterocycles. The van der Waals surface area contributed by atoms with Crippen molar-refractivity contribution < 1.29 is 18.3 Å². The van der Waals surface area contributed by atoms with Gasteiger partial charge in [0, 0.05) is 11.5 Å². The lowest BCUT2D eigenvalue weighted by atomic mass is 10.1. The maximum atomic E-state index is 13.6. The smallest absolute Gasteiger partial charge is 0.338 e. The molecule has 0 aliphatic rings. The highest BCUT2D eigenvalue weighted by molar-refractivity contribution is 6.14. The lowest BCUT2D eigenvalue weighted by molar-refractivity contribution is 0.0603. The summed E-state index contributed by atoms with van der Waals surface area (Å²) in [5.41, 5.74) is 2.80. The predicted octanol–water partition coefficient (Wildman–Crippen LogP) is 4.15. The summed E-state index contributed by atoms with van der Waals surface area (Å²) in [6.07, 6.45) is 1.53. The Bertz CT molecular complexity index is 1380. The Hall–Kier alpha value is -4.07. The van der Waals surface area contributed by atoms with Gasteiger partial charge in [0.1, 0.15) is 22.5 Å². The Morgan fingerprint density at radius 1 is 1.07 bits per heavy atom. The van der Waals surface area contributed by atoms with Crippen LogP contribution in [0.15, 0.2) is 65.3 Å². The third kappa shape index (κ3) is 2.82. The first kappa shape index (κ1) is 17.1. The molecule has 0 aliphatic carbocycles. The van der Waals surface area contributed by atoms with Crippen LogP contribution in [-0.2, 0) is 4.74 Å². The maximum Gasteiger partial charge on any atom is 0.338 e. The Balaban J connectivity index is 1.80. The molecule has 0 bridgehead atoms. The second-order valence-corrected chi connectivity index (χ2v) is 6.32. The van der Waals surface area contributed by atoms with Crippen molar-refractivity contribution in [3.05, 3.63) is 72.2 Å². The Kier molecular flexibility index (Phi) is 3.83. The van der Waals surface area contributed by atoms with Gasteiger partial charge in [-0.1, -0.05) is 6.07 Å². The quantitative estimate of drug-likeness (QED) is 0.432. The molecule has 5 rings (SSSR count). The van der Waals surface area contributed by atoms with Gasteiger partial charge >= 0.3 is 5.97 Å². The summed E-state index contributed by atoms with van der Waals surface area (Å²) >= 11 is 0. The summed E-state index contributed by atoms with van der Waals surface area (Å²) in [7, 11) is 1.31. The van der Waals surface area contributed by atoms with Gasteiger partial charge in [-0.3, -0.25) is 0 Å². The van der Waals surface area contributed by atoms with E-state index in [0.717, 1.165) is 0 Å². The molecule has 5 aromatic rings. The number of pyridine rings is 1. The highest BCUT2D eigenvalue weighted by Crippen LogP contribution is 2.30. The fourth-order valence-corrected chi connectivity index (χ4v) is 3.24. The summed E-state index contributed by atoms with van der Waals surface area (Å²) in [5.74, 6) is -0.396. The normalized spacial score (nSPS) is 11.2. The van der Waals surface area contributed by atoms with Gasteiger partial charge in [0.25, 0.3) is 0 Å². The van der Waals surface area contributed by atoms with Crippen molar-refractivity contribution in [2.45, 2.75) is 0 Å². The van der Waals surface area contributed by atoms with Crippen molar-refractivity contribution in [3.63, 3.8) is 0 Å². The largest absolute Gasteiger partial charge is 0.465 e. The standard InChI is InChI=1S/C21H13FN4O3/c1-28-21(27)14-11-17(18-6-3-9-29-18)23-15-7-8-16-20(19(14)15)25-26(24-16)13-5-2-4-12(22)10-13/h2-11H,1H3. The number of furan rings is 1. The molecular weight excluding hydrogens is 375 g/mol. The lowest BCUT2D eigenvalue weighted by Crippen LogP contribution is -2.04. The van der Waals surface area contributed by atoms with E-state index in [1.807, 2.05) is 0 Å². The van der Waals surface area contributed by atoms with Crippen molar-refractivity contribution in [1.29, 1.82) is 0 Å². The van der Waals surface area contributed by atoms with Gasteiger partial charge in [0.05, 0.1) is 30.1 Å². The van der Waals surface area contributed by atoms with Crippen LogP contribution < -0.4 is 0 Å². The second kappa shape index (κ2) is 6.52. The van der Waals surface area contributed by atoms with Crippen LogP contribution in [0.4, 0.5) is 4.39 Å². The molecule has 0 unspecified atom stereocenters. The lowest BCUT2D eigenvalue weighted by Gasteiger charge is -2.07. The van der Waals surface area contributed by atoms with Crippen LogP contribution in [0.5, 0.6) is 0 Å². The van der Waals surface area contributed by atoms with Crippen molar-refractivity contribution in [3.8, 4) is 17.1 Å². The number of esters is 1. The van der Waals surface area contributed by atoms with Crippen LogP contribution in [0, 0.1) is 5.82 Å². The fraction of sp³-hybridized carbons (Fsp3) is 0.0476. The van der Waals surface area contributed by atoms with Gasteiger partial charge in [-0.05, 0) is 42.5 Å². The first-order chi connectivity index (χ1) is 14.1. The molecule has 0 spiro atoms. The minimum Gasteiger partial charge on any atom is -0.465 e. The molecule has 3 heterocycles. The minimum absolute atomic E-state index is 0.292. The van der Waals surface area contributed by atoms with E-state index in [1.165, 1.54) is 30.3 Å². The van der Waals surface area contributed by atoms with E-state index in [4.69, 9.17) is 9.15 Å². The monoisotopic (exact) mass is 388 g/mol. The number of hydrogen-bond acceptors (Lipinski definition) is 6. The van der Waals surface area contributed by atoms with Gasteiger partial charge in [-0.15, -0.1) is 10.2 Å². The zero-order valence-electron chi connectivity index (χ0n) is 15.2. The van der Waals surface area contributed by atoms with Gasteiger partial charge in [-0.2, -0.15) is 4.80 Å². The zero-order chi connectivity index (χ0) is 20.0. The molecule has 0 aliphatic heterocycles. The number of carbonyl (C=O) groups excluding carboxylic acids is 1. The molecule has 8 heteroatoms. The summed E-state index contributed by atoms with van der Waals surface area (Å²) in [4.78, 5) is 18.5. The van der Waals surface area contributed by atoms with Crippen molar-refractivity contribution >= 4 is 27.9 Å². The zero-order valence-corrected chi connectivity index (χ0v) is 15.2. The van der Waals surface area contributed by atoms with Crippen LogP contribution >= 0.6 is 0 Å². The number of methoxy groups -OCH3 is 1. The summed E-state index contributed by atoms with van der Waals surface area (Å²) in [5, 5.41) is 9.41. The molecule has 2 aromatic carbocycles. The highest BCUT2D eigenvalue weighted by Gasteiger charge is 2.20. The molecule has 0 saturated heterocycles. The van der Waals surface area contributed by atoms with Crippen LogP contribution in [0.3, 0.4) is 0 Å². The second-order valence-electron chi connectivity index (χ2n) is 6.32. The molecule has 7 nitrogen and oxygen atoms in total. The van der Waals surface area contributed by atoms with E-state index in [-0.39, 0.29) is 0 Å². The predicted molar refractivity (Wildman–Crippen MR) is 103 cm³/mol. The van der Waals surface area contributed by atoms with E-state index in [9.17, 15) is 9.18 Å². The number of nitrogens with zero attached hydrogens (tertiary/aromatic N) is 4. The van der Waals surface area contributed by atoms with Crippen molar-refractivity contribution in [2.24, 2.45) is 0 Å². The third-order valence-corrected chi connectivity index (χ3v) is 4.54. The van der Waals surface area contributed by atoms with E-state index in [0.29, 0.717) is 44.6 Å². The SMILES string of the molecule is COC(=O)c1cc(-c2ccco2)nc2ccc3nn(-c4cccc(F)c4)nc3c12. The molecule has 0 atom stereocenters. The van der Waals surface area contributed by atoms with E-state index < -0.39 is 11.8 Å². The van der Waals surface area contributed by atoms with Crippen molar-refractivity contribution in [2.75, 3.05) is 7.11 Å². The van der Waals surface area contributed by atoms with Crippen LogP contribution in [0.1, 0.15) is 10.4 Å². The average Bonchev–Trinajstić information content (AvgIpc) is 3.42. The van der Waals surface area contributed by atoms with Gasteiger partial charge < -0.3 is 9.15 Å². The minimum atomic E-state index is -0.530. The number of hydrogen-bond donors (Lipinski definition) is 0. The Labute approximate surface area is 163 Å². The molecule has 0 fully saturated rings. The average molecular weight is 388 g/mol. The summed E-state index contributed by atoms with van der Waals surface area (Å²) < 4.78 is 24.0. The van der Waals surface area contributed by atoms with Crippen LogP contribution in [0.25, 0.3) is 39.1 Å². The van der Waals surface area contributed by atoms with E-state index >= 15 is 0 Å². The first-order valence-electron chi connectivity index (χ1n) is 8.73. The summed E-state index contributed by atoms with van der Waals surface area (Å²) in [6, 6.07) is 14.6.